The first-order valence-corrected chi connectivity index (χ1v) is 14.0. The highest BCUT2D eigenvalue weighted by Gasteiger charge is 2.33. The molecule has 0 radical (unpaired) electrons. The molecule has 0 bridgehead atoms. The summed E-state index contributed by atoms with van der Waals surface area (Å²) in [7, 11) is 2.14. The molecule has 41 heavy (non-hydrogen) atoms. The van der Waals surface area contributed by atoms with Crippen LogP contribution >= 0.6 is 0 Å². The number of ether oxygens (including phenoxy) is 3. The van der Waals surface area contributed by atoms with E-state index in [1.807, 2.05) is 24.3 Å². The summed E-state index contributed by atoms with van der Waals surface area (Å²) < 4.78 is 16.9. The van der Waals surface area contributed by atoms with Gasteiger partial charge in [-0.1, -0.05) is 24.3 Å². The lowest BCUT2D eigenvalue weighted by Gasteiger charge is -2.19. The van der Waals surface area contributed by atoms with Gasteiger partial charge in [0.1, 0.15) is 18.5 Å². The number of hydrogen-bond acceptors (Lipinski definition) is 9. The van der Waals surface area contributed by atoms with Crippen molar-refractivity contribution in [2.45, 2.75) is 38.0 Å². The molecule has 0 aliphatic carbocycles. The summed E-state index contributed by atoms with van der Waals surface area (Å²) in [4.78, 5) is 37.0. The zero-order valence-corrected chi connectivity index (χ0v) is 23.0. The molecule has 6 rings (SSSR count). The molecule has 0 saturated carbocycles. The summed E-state index contributed by atoms with van der Waals surface area (Å²) in [6.45, 7) is 3.47. The smallest absolute Gasteiger partial charge is 0.415 e. The number of carbonyl (C=O) groups excluding carboxylic acids is 2. The van der Waals surface area contributed by atoms with Gasteiger partial charge in [0, 0.05) is 24.2 Å². The van der Waals surface area contributed by atoms with Gasteiger partial charge in [-0.25, -0.2) is 14.8 Å². The molecule has 2 fully saturated rings. The minimum Gasteiger partial charge on any atom is -0.480 e. The van der Waals surface area contributed by atoms with E-state index in [1.165, 1.54) is 11.3 Å². The maximum absolute atomic E-state index is 12.5. The first-order valence-electron chi connectivity index (χ1n) is 14.0. The van der Waals surface area contributed by atoms with E-state index in [0.717, 1.165) is 29.8 Å². The third-order valence-corrected chi connectivity index (χ3v) is 7.62. The van der Waals surface area contributed by atoms with Crippen LogP contribution < -0.4 is 25.0 Å². The van der Waals surface area contributed by atoms with E-state index in [2.05, 4.69) is 45.8 Å². The number of nitrogens with zero attached hydrogens (tertiary/aromatic N) is 4. The second-order valence-corrected chi connectivity index (χ2v) is 10.6. The molecule has 2 amide bonds. The van der Waals surface area contributed by atoms with E-state index in [0.29, 0.717) is 62.0 Å². The molecule has 2 N–H and O–H groups in total. The lowest BCUT2D eigenvalue weighted by Crippen LogP contribution is -2.30. The Morgan fingerprint density at radius 3 is 2.90 bits per heavy atom. The van der Waals surface area contributed by atoms with Crippen molar-refractivity contribution in [1.29, 1.82) is 0 Å². The van der Waals surface area contributed by atoms with Gasteiger partial charge in [0.05, 0.1) is 12.2 Å². The monoisotopic (exact) mass is 558 g/mol. The van der Waals surface area contributed by atoms with Gasteiger partial charge in [-0.15, -0.1) is 0 Å². The van der Waals surface area contributed by atoms with Crippen molar-refractivity contribution in [3.63, 3.8) is 0 Å². The molecule has 3 aromatic rings. The predicted octanol–water partition coefficient (Wildman–Crippen LogP) is 3.45. The normalized spacial score (nSPS) is 20.4. The number of anilines is 2. The zero-order chi connectivity index (χ0) is 28.2. The fourth-order valence-electron chi connectivity index (χ4n) is 5.33. The predicted molar refractivity (Wildman–Crippen MR) is 153 cm³/mol. The summed E-state index contributed by atoms with van der Waals surface area (Å²) in [5.74, 6) is 1.58. The highest BCUT2D eigenvalue weighted by atomic mass is 16.6. The maximum atomic E-state index is 12.5. The van der Waals surface area contributed by atoms with Gasteiger partial charge in [-0.3, -0.25) is 9.69 Å². The Bertz CT molecular complexity index is 1420. The molecule has 1 aromatic carbocycles. The number of aromatic nitrogens is 2. The lowest BCUT2D eigenvalue weighted by molar-refractivity contribution is -0.118. The van der Waals surface area contributed by atoms with Crippen molar-refractivity contribution in [3.05, 3.63) is 60.2 Å². The van der Waals surface area contributed by atoms with Gasteiger partial charge in [-0.2, -0.15) is 0 Å². The topological polar surface area (TPSA) is 118 Å². The number of carbonyl (C=O) groups is 2. The Balaban J connectivity index is 0.986. The van der Waals surface area contributed by atoms with Crippen molar-refractivity contribution in [2.75, 3.05) is 50.1 Å². The molecule has 214 valence electrons. The number of nitrogens with one attached hydrogen (secondary N) is 2. The quantitative estimate of drug-likeness (QED) is 0.361. The van der Waals surface area contributed by atoms with Crippen LogP contribution in [0.4, 0.5) is 16.4 Å². The largest absolute Gasteiger partial charge is 0.480 e. The van der Waals surface area contributed by atoms with Crippen molar-refractivity contribution in [2.24, 2.45) is 0 Å². The Morgan fingerprint density at radius 1 is 1.12 bits per heavy atom. The highest BCUT2D eigenvalue weighted by molar-refractivity contribution is 5.95. The van der Waals surface area contributed by atoms with Gasteiger partial charge in [0.25, 0.3) is 5.91 Å². The Labute approximate surface area is 238 Å². The van der Waals surface area contributed by atoms with Crippen LogP contribution in [-0.2, 0) is 16.1 Å². The molecule has 2 atom stereocenters. The van der Waals surface area contributed by atoms with Crippen molar-refractivity contribution >= 4 is 23.6 Å². The fraction of sp³-hybridized carbons (Fsp3) is 0.400. The molecular weight excluding hydrogens is 524 g/mol. The van der Waals surface area contributed by atoms with Crippen LogP contribution in [-0.4, -0.2) is 78.9 Å². The van der Waals surface area contributed by atoms with Crippen molar-refractivity contribution in [1.82, 2.24) is 20.2 Å². The number of benzene rings is 1. The van der Waals surface area contributed by atoms with E-state index in [1.54, 1.807) is 12.1 Å². The van der Waals surface area contributed by atoms with E-state index in [4.69, 9.17) is 19.2 Å². The van der Waals surface area contributed by atoms with Gasteiger partial charge in [0.15, 0.2) is 18.2 Å². The maximum Gasteiger partial charge on any atom is 0.415 e. The Hall–Kier alpha value is -4.22. The number of rotatable bonds is 10. The van der Waals surface area contributed by atoms with Crippen LogP contribution in [0.1, 0.15) is 24.8 Å². The molecule has 5 heterocycles. The average Bonchev–Trinajstić information content (AvgIpc) is 3.58. The SMILES string of the molecule is CN1CCC[C@H]1COc1cccc(-c2cccc(CNCC[C@H]3CN(c4ccc5c(n4)NC(=O)CO5)C(=O)O3)c2)n1. The standard InChI is InChI=1S/C30H34N6O5/c1-35-14-4-7-22(35)18-40-28-9-3-8-24(32-28)21-6-2-5-20(15-21)16-31-13-12-23-17-36(30(38)41-23)26-11-10-25-29(33-26)34-27(37)19-39-25/h2-3,5-6,8-11,15,22-23,31H,4,7,12-14,16-19H2,1H3,(H,33,34,37)/t22-,23-/m0/s1. The summed E-state index contributed by atoms with van der Waals surface area (Å²) in [5, 5.41) is 6.12. The minimum absolute atomic E-state index is 0.0449. The molecule has 2 aromatic heterocycles. The minimum atomic E-state index is -0.452. The van der Waals surface area contributed by atoms with Crippen LogP contribution in [0, 0.1) is 0 Å². The fourth-order valence-corrected chi connectivity index (χ4v) is 5.33. The first kappa shape index (κ1) is 27.0. The summed E-state index contributed by atoms with van der Waals surface area (Å²) in [6, 6.07) is 18.0. The molecule has 11 nitrogen and oxygen atoms in total. The van der Waals surface area contributed by atoms with Gasteiger partial charge in [0.2, 0.25) is 5.88 Å². The molecule has 3 aliphatic heterocycles. The van der Waals surface area contributed by atoms with E-state index >= 15 is 0 Å². The van der Waals surface area contributed by atoms with Crippen LogP contribution in [0.15, 0.2) is 54.6 Å². The van der Waals surface area contributed by atoms with Gasteiger partial charge < -0.3 is 29.7 Å². The van der Waals surface area contributed by atoms with Gasteiger partial charge >= 0.3 is 6.09 Å². The van der Waals surface area contributed by atoms with Crippen LogP contribution in [0.5, 0.6) is 11.6 Å². The van der Waals surface area contributed by atoms with E-state index < -0.39 is 6.09 Å². The Morgan fingerprint density at radius 2 is 2.02 bits per heavy atom. The molecule has 0 spiro atoms. The first-order chi connectivity index (χ1) is 20.0. The van der Waals surface area contributed by atoms with Crippen LogP contribution in [0.2, 0.25) is 0 Å². The highest BCUT2D eigenvalue weighted by Crippen LogP contribution is 2.30. The van der Waals surface area contributed by atoms with Crippen LogP contribution in [0.3, 0.4) is 0 Å². The zero-order valence-electron chi connectivity index (χ0n) is 23.0. The third kappa shape index (κ3) is 6.41. The van der Waals surface area contributed by atoms with Crippen molar-refractivity contribution < 1.29 is 23.8 Å². The molecule has 3 aliphatic rings. The number of hydrogen-bond donors (Lipinski definition) is 2. The molecule has 0 unspecified atom stereocenters. The lowest BCUT2D eigenvalue weighted by atomic mass is 10.1. The summed E-state index contributed by atoms with van der Waals surface area (Å²) >= 11 is 0. The number of likely N-dealkylation sites (N-methyl/N-ethyl adjacent to an activating group) is 1. The molecule has 11 heteroatoms. The second kappa shape index (κ2) is 12.1. The van der Waals surface area contributed by atoms with Crippen molar-refractivity contribution in [3.8, 4) is 22.9 Å². The number of likely N-dealkylation sites (tertiary alicyclic amines) is 1. The number of fused-ring (bicyclic) bond motifs is 1. The molecule has 2 saturated heterocycles. The summed E-state index contributed by atoms with van der Waals surface area (Å²) in [6.07, 6.45) is 2.32. The number of cyclic esters (lactones) is 1. The van der Waals surface area contributed by atoms with Crippen LogP contribution in [0.25, 0.3) is 11.3 Å². The van der Waals surface area contributed by atoms with E-state index in [9.17, 15) is 9.59 Å². The molecular formula is C30H34N6O5. The Kier molecular flexibility index (Phi) is 7.97. The third-order valence-electron chi connectivity index (χ3n) is 7.62. The second-order valence-electron chi connectivity index (χ2n) is 10.6. The summed E-state index contributed by atoms with van der Waals surface area (Å²) in [5.41, 5.74) is 3.05. The number of amides is 2. The number of pyridine rings is 2. The van der Waals surface area contributed by atoms with E-state index in [-0.39, 0.29) is 18.6 Å². The van der Waals surface area contributed by atoms with Gasteiger partial charge in [-0.05, 0) is 69.2 Å². The average molecular weight is 559 g/mol.